The first-order valence-corrected chi connectivity index (χ1v) is 9.06. The molecular weight excluding hydrogens is 276 g/mol. The molecule has 2 N–H and O–H groups in total. The standard InChI is InChI=1S/C18H26N2S/c1-2-14(19)12-18-16(13-20-10-6-3-7-11-20)15-8-4-5-9-17(15)21-18/h4-5,8-9,14H,2-3,6-7,10-13,19H2,1H3. The summed E-state index contributed by atoms with van der Waals surface area (Å²) in [5.41, 5.74) is 7.76. The Bertz CT molecular complexity index is 584. The number of likely N-dealkylation sites (tertiary alicyclic amines) is 1. The molecule has 0 radical (unpaired) electrons. The van der Waals surface area contributed by atoms with Crippen molar-refractivity contribution in [2.45, 2.75) is 51.6 Å². The molecule has 0 amide bonds. The summed E-state index contributed by atoms with van der Waals surface area (Å²) < 4.78 is 1.42. The van der Waals surface area contributed by atoms with Crippen molar-refractivity contribution in [2.24, 2.45) is 5.73 Å². The molecule has 1 atom stereocenters. The highest BCUT2D eigenvalue weighted by atomic mass is 32.1. The van der Waals surface area contributed by atoms with E-state index in [2.05, 4.69) is 36.1 Å². The summed E-state index contributed by atoms with van der Waals surface area (Å²) in [5.74, 6) is 0. The molecule has 2 nitrogen and oxygen atoms in total. The SMILES string of the molecule is CCC(N)Cc1sc2ccccc2c1CN1CCCCC1. The number of hydrogen-bond donors (Lipinski definition) is 1. The van der Waals surface area contributed by atoms with E-state index in [1.165, 1.54) is 47.3 Å². The van der Waals surface area contributed by atoms with E-state index in [1.807, 2.05) is 11.3 Å². The predicted molar refractivity (Wildman–Crippen MR) is 92.9 cm³/mol. The van der Waals surface area contributed by atoms with Crippen LogP contribution >= 0.6 is 11.3 Å². The van der Waals surface area contributed by atoms with Gasteiger partial charge < -0.3 is 5.73 Å². The van der Waals surface area contributed by atoms with Gasteiger partial charge in [0.2, 0.25) is 0 Å². The first-order chi connectivity index (χ1) is 10.3. The quantitative estimate of drug-likeness (QED) is 0.898. The van der Waals surface area contributed by atoms with E-state index in [9.17, 15) is 0 Å². The van der Waals surface area contributed by atoms with E-state index in [4.69, 9.17) is 5.73 Å². The van der Waals surface area contributed by atoms with E-state index >= 15 is 0 Å². The van der Waals surface area contributed by atoms with Crippen molar-refractivity contribution < 1.29 is 0 Å². The Hall–Kier alpha value is -0.900. The van der Waals surface area contributed by atoms with Gasteiger partial charge in [0.25, 0.3) is 0 Å². The molecule has 1 saturated heterocycles. The Kier molecular flexibility index (Phi) is 4.94. The minimum absolute atomic E-state index is 0.290. The lowest BCUT2D eigenvalue weighted by atomic mass is 10.0. The number of benzene rings is 1. The maximum absolute atomic E-state index is 6.22. The normalized spacial score (nSPS) is 18.2. The third-order valence-electron chi connectivity index (χ3n) is 4.58. The lowest BCUT2D eigenvalue weighted by Crippen LogP contribution is -2.29. The Balaban J connectivity index is 1.90. The average molecular weight is 302 g/mol. The zero-order valence-electron chi connectivity index (χ0n) is 13.0. The summed E-state index contributed by atoms with van der Waals surface area (Å²) in [7, 11) is 0. The predicted octanol–water partition coefficient (Wildman–Crippen LogP) is 4.17. The fraction of sp³-hybridized carbons (Fsp3) is 0.556. The summed E-state index contributed by atoms with van der Waals surface area (Å²) >= 11 is 1.95. The fourth-order valence-corrected chi connectivity index (χ4v) is 4.52. The number of thiophene rings is 1. The second kappa shape index (κ2) is 6.91. The first kappa shape index (κ1) is 15.0. The molecular formula is C18H26N2S. The fourth-order valence-electron chi connectivity index (χ4n) is 3.21. The molecule has 3 heteroatoms. The molecule has 2 heterocycles. The summed E-state index contributed by atoms with van der Waals surface area (Å²) in [5, 5.41) is 1.45. The number of piperidine rings is 1. The van der Waals surface area contributed by atoms with E-state index in [0.29, 0.717) is 0 Å². The van der Waals surface area contributed by atoms with Crippen molar-refractivity contribution in [1.82, 2.24) is 4.90 Å². The molecule has 0 aliphatic carbocycles. The second-order valence-electron chi connectivity index (χ2n) is 6.21. The highest BCUT2D eigenvalue weighted by Crippen LogP contribution is 2.33. The van der Waals surface area contributed by atoms with Crippen molar-refractivity contribution in [3.63, 3.8) is 0 Å². The van der Waals surface area contributed by atoms with Gasteiger partial charge in [-0.3, -0.25) is 4.90 Å². The van der Waals surface area contributed by atoms with Gasteiger partial charge in [-0.2, -0.15) is 0 Å². The lowest BCUT2D eigenvalue weighted by Gasteiger charge is -2.27. The van der Waals surface area contributed by atoms with Gasteiger partial charge in [-0.15, -0.1) is 11.3 Å². The van der Waals surface area contributed by atoms with Gasteiger partial charge in [0, 0.05) is 22.2 Å². The summed E-state index contributed by atoms with van der Waals surface area (Å²) in [6, 6.07) is 9.14. The first-order valence-electron chi connectivity index (χ1n) is 8.25. The molecule has 1 unspecified atom stereocenters. The van der Waals surface area contributed by atoms with Gasteiger partial charge >= 0.3 is 0 Å². The maximum Gasteiger partial charge on any atom is 0.0349 e. The average Bonchev–Trinajstić information content (AvgIpc) is 2.86. The number of nitrogens with zero attached hydrogens (tertiary/aromatic N) is 1. The molecule has 0 saturated carbocycles. The highest BCUT2D eigenvalue weighted by Gasteiger charge is 2.18. The van der Waals surface area contributed by atoms with Crippen LogP contribution in [0.25, 0.3) is 10.1 Å². The van der Waals surface area contributed by atoms with Crippen LogP contribution in [0.15, 0.2) is 24.3 Å². The molecule has 1 aromatic heterocycles. The Labute approximate surface area is 131 Å². The Morgan fingerprint density at radius 1 is 1.19 bits per heavy atom. The monoisotopic (exact) mass is 302 g/mol. The highest BCUT2D eigenvalue weighted by molar-refractivity contribution is 7.19. The number of fused-ring (bicyclic) bond motifs is 1. The molecule has 114 valence electrons. The smallest absolute Gasteiger partial charge is 0.0349 e. The molecule has 21 heavy (non-hydrogen) atoms. The van der Waals surface area contributed by atoms with Gasteiger partial charge in [-0.1, -0.05) is 31.5 Å². The van der Waals surface area contributed by atoms with Crippen molar-refractivity contribution in [1.29, 1.82) is 0 Å². The van der Waals surface area contributed by atoms with Crippen LogP contribution in [0.5, 0.6) is 0 Å². The van der Waals surface area contributed by atoms with Crippen LogP contribution in [-0.2, 0) is 13.0 Å². The molecule has 3 rings (SSSR count). The number of rotatable bonds is 5. The maximum atomic E-state index is 6.22. The van der Waals surface area contributed by atoms with Crippen LogP contribution in [0.2, 0.25) is 0 Å². The van der Waals surface area contributed by atoms with Crippen LogP contribution in [0.4, 0.5) is 0 Å². The Morgan fingerprint density at radius 3 is 2.71 bits per heavy atom. The van der Waals surface area contributed by atoms with Crippen molar-refractivity contribution in [3.05, 3.63) is 34.7 Å². The molecule has 1 aliphatic heterocycles. The van der Waals surface area contributed by atoms with E-state index < -0.39 is 0 Å². The number of hydrogen-bond acceptors (Lipinski definition) is 3. The van der Waals surface area contributed by atoms with Crippen LogP contribution in [0, 0.1) is 0 Å². The molecule has 2 aromatic rings. The summed E-state index contributed by atoms with van der Waals surface area (Å²) in [6.45, 7) is 5.80. The minimum atomic E-state index is 0.290. The van der Waals surface area contributed by atoms with Crippen molar-refractivity contribution in [3.8, 4) is 0 Å². The largest absolute Gasteiger partial charge is 0.327 e. The number of nitrogens with two attached hydrogens (primary N) is 1. The van der Waals surface area contributed by atoms with E-state index in [1.54, 1.807) is 5.56 Å². The van der Waals surface area contributed by atoms with Gasteiger partial charge in [-0.05, 0) is 55.8 Å². The molecule has 0 spiro atoms. The molecule has 1 fully saturated rings. The molecule has 1 aromatic carbocycles. The zero-order chi connectivity index (χ0) is 14.7. The van der Waals surface area contributed by atoms with Gasteiger partial charge in [0.15, 0.2) is 0 Å². The van der Waals surface area contributed by atoms with Crippen LogP contribution in [-0.4, -0.2) is 24.0 Å². The van der Waals surface area contributed by atoms with Crippen molar-refractivity contribution >= 4 is 21.4 Å². The van der Waals surface area contributed by atoms with E-state index in [0.717, 1.165) is 19.4 Å². The minimum Gasteiger partial charge on any atom is -0.327 e. The van der Waals surface area contributed by atoms with Gasteiger partial charge in [-0.25, -0.2) is 0 Å². The summed E-state index contributed by atoms with van der Waals surface area (Å²) in [4.78, 5) is 4.13. The second-order valence-corrected chi connectivity index (χ2v) is 7.35. The van der Waals surface area contributed by atoms with Gasteiger partial charge in [0.05, 0.1) is 0 Å². The third-order valence-corrected chi connectivity index (χ3v) is 5.82. The molecule has 0 bridgehead atoms. The van der Waals surface area contributed by atoms with Crippen LogP contribution in [0.3, 0.4) is 0 Å². The third kappa shape index (κ3) is 3.47. The van der Waals surface area contributed by atoms with Gasteiger partial charge in [0.1, 0.15) is 0 Å². The zero-order valence-corrected chi connectivity index (χ0v) is 13.8. The van der Waals surface area contributed by atoms with Crippen molar-refractivity contribution in [2.75, 3.05) is 13.1 Å². The van der Waals surface area contributed by atoms with Crippen LogP contribution in [0.1, 0.15) is 43.0 Å². The topological polar surface area (TPSA) is 29.3 Å². The lowest BCUT2D eigenvalue weighted by molar-refractivity contribution is 0.221. The van der Waals surface area contributed by atoms with Crippen LogP contribution < -0.4 is 5.73 Å². The summed E-state index contributed by atoms with van der Waals surface area (Å²) in [6.07, 6.45) is 6.18. The Morgan fingerprint density at radius 2 is 1.95 bits per heavy atom. The van der Waals surface area contributed by atoms with E-state index in [-0.39, 0.29) is 6.04 Å². The molecule has 1 aliphatic rings.